The van der Waals surface area contributed by atoms with Gasteiger partial charge in [-0.2, -0.15) is 31.3 Å². The van der Waals surface area contributed by atoms with Crippen LogP contribution in [0.4, 0.5) is 32.0 Å². The quantitative estimate of drug-likeness (QED) is 0.218. The van der Waals surface area contributed by atoms with Crippen LogP contribution < -0.4 is 10.1 Å². The molecular formula is C25H20F6N6O. The number of aromatic nitrogens is 4. The molecule has 0 bridgehead atoms. The number of benzene rings is 2. The lowest BCUT2D eigenvalue weighted by atomic mass is 10.1. The van der Waals surface area contributed by atoms with Gasteiger partial charge in [-0.05, 0) is 11.6 Å². The minimum Gasteiger partial charge on any atom is -0.471 e. The Bertz CT molecular complexity index is 1460. The lowest BCUT2D eigenvalue weighted by molar-refractivity contribution is -0.141. The Kier molecular flexibility index (Phi) is 7.11. The third-order valence-corrected chi connectivity index (χ3v) is 5.52. The number of nitrogens with zero attached hydrogens (tertiary/aromatic N) is 4. The van der Waals surface area contributed by atoms with E-state index in [4.69, 9.17) is 10.1 Å². The van der Waals surface area contributed by atoms with Crippen LogP contribution in [0.25, 0.3) is 22.8 Å². The summed E-state index contributed by atoms with van der Waals surface area (Å²) in [4.78, 5) is 12.0. The summed E-state index contributed by atoms with van der Waals surface area (Å²) in [7, 11) is 2.98. The number of aryl methyl sites for hydroxylation is 1. The number of halogens is 6. The smallest absolute Gasteiger partial charge is 0.434 e. The van der Waals surface area contributed by atoms with Gasteiger partial charge in [0.15, 0.2) is 11.5 Å². The first-order valence-corrected chi connectivity index (χ1v) is 11.0. The summed E-state index contributed by atoms with van der Waals surface area (Å²) in [6.45, 7) is -0.0713. The number of nitrogens with one attached hydrogen (secondary N) is 2. The Morgan fingerprint density at radius 3 is 2.21 bits per heavy atom. The molecule has 0 aliphatic heterocycles. The van der Waals surface area contributed by atoms with Gasteiger partial charge in [-0.1, -0.05) is 42.5 Å². The lowest BCUT2D eigenvalue weighted by Crippen LogP contribution is -2.11. The predicted molar refractivity (Wildman–Crippen MR) is 128 cm³/mol. The maximum atomic E-state index is 13.6. The van der Waals surface area contributed by atoms with E-state index in [1.807, 2.05) is 0 Å². The highest BCUT2D eigenvalue weighted by Gasteiger charge is 2.35. The Balaban J connectivity index is 1.63. The highest BCUT2D eigenvalue weighted by atomic mass is 19.4. The number of imidazole rings is 1. The van der Waals surface area contributed by atoms with Crippen molar-refractivity contribution < 1.29 is 31.1 Å². The summed E-state index contributed by atoms with van der Waals surface area (Å²) in [5.74, 6) is -0.214. The van der Waals surface area contributed by atoms with Gasteiger partial charge in [0.05, 0.1) is 5.56 Å². The van der Waals surface area contributed by atoms with E-state index in [-0.39, 0.29) is 41.1 Å². The molecule has 13 heteroatoms. The number of alkyl halides is 6. The van der Waals surface area contributed by atoms with Crippen molar-refractivity contribution in [1.82, 2.24) is 19.5 Å². The summed E-state index contributed by atoms with van der Waals surface area (Å²) in [5.41, 5.74) is -0.927. The van der Waals surface area contributed by atoms with E-state index in [2.05, 4.69) is 20.3 Å². The highest BCUT2D eigenvalue weighted by Crippen LogP contribution is 2.37. The molecule has 2 heterocycles. The van der Waals surface area contributed by atoms with Crippen LogP contribution in [0.15, 0.2) is 54.7 Å². The minimum absolute atomic E-state index is 0.0232. The van der Waals surface area contributed by atoms with Gasteiger partial charge in [-0.3, -0.25) is 0 Å². The van der Waals surface area contributed by atoms with E-state index < -0.39 is 23.6 Å². The second kappa shape index (κ2) is 10.1. The van der Waals surface area contributed by atoms with Gasteiger partial charge in [-0.25, -0.2) is 9.97 Å². The van der Waals surface area contributed by atoms with Crippen LogP contribution in [0.5, 0.6) is 5.88 Å². The van der Waals surface area contributed by atoms with Crippen molar-refractivity contribution >= 4 is 11.9 Å². The molecule has 0 unspecified atom stereocenters. The van der Waals surface area contributed by atoms with Crippen LogP contribution in [0.1, 0.15) is 22.5 Å². The second-order valence-corrected chi connectivity index (χ2v) is 8.09. The van der Waals surface area contributed by atoms with Crippen LogP contribution in [-0.2, 0) is 26.0 Å². The van der Waals surface area contributed by atoms with Crippen molar-refractivity contribution in [3.8, 4) is 28.7 Å². The van der Waals surface area contributed by atoms with E-state index >= 15 is 0 Å². The first-order chi connectivity index (χ1) is 17.9. The van der Waals surface area contributed by atoms with Crippen molar-refractivity contribution in [2.75, 3.05) is 12.4 Å². The summed E-state index contributed by atoms with van der Waals surface area (Å²) >= 11 is 0. The topological polar surface area (TPSA) is 88.7 Å². The van der Waals surface area contributed by atoms with Crippen molar-refractivity contribution in [3.05, 3.63) is 77.2 Å². The average molecular weight is 534 g/mol. The molecule has 0 spiro atoms. The molecule has 0 aliphatic carbocycles. The lowest BCUT2D eigenvalue weighted by Gasteiger charge is -2.16. The molecule has 2 aromatic heterocycles. The maximum absolute atomic E-state index is 13.6. The van der Waals surface area contributed by atoms with E-state index in [1.165, 1.54) is 36.9 Å². The average Bonchev–Trinajstić information content (AvgIpc) is 3.28. The first-order valence-electron chi connectivity index (χ1n) is 11.0. The third-order valence-electron chi connectivity index (χ3n) is 5.52. The summed E-state index contributed by atoms with van der Waals surface area (Å²) in [6, 6.07) is 11.2. The summed E-state index contributed by atoms with van der Waals surface area (Å²) < 4.78 is 86.7. The fourth-order valence-corrected chi connectivity index (χ4v) is 3.72. The normalized spacial score (nSPS) is 11.9. The van der Waals surface area contributed by atoms with Crippen molar-refractivity contribution in [2.24, 2.45) is 7.05 Å². The maximum Gasteiger partial charge on any atom is 0.434 e. The van der Waals surface area contributed by atoms with Gasteiger partial charge in [0, 0.05) is 37.6 Å². The molecule has 4 aromatic rings. The largest absolute Gasteiger partial charge is 0.471 e. The molecule has 2 N–H and O–H groups in total. The molecule has 0 atom stereocenters. The standard InChI is InChI=1S/C25H20F6N6O/c1-33-20-18(11-32)34-21(16-5-3-4-6-17(16)24(26,27)28)36-23(20)38-13-14-7-9-15(10-8-14)22-35-19(12-37(22)2)25(29,30)31/h3-12,32-33H,13H2,1-2H3. The zero-order chi connectivity index (χ0) is 27.7. The zero-order valence-corrected chi connectivity index (χ0v) is 19.9. The Hall–Kier alpha value is -4.42. The van der Waals surface area contributed by atoms with Gasteiger partial charge >= 0.3 is 12.4 Å². The summed E-state index contributed by atoms with van der Waals surface area (Å²) in [5, 5.41) is 10.5. The molecule has 7 nitrogen and oxygen atoms in total. The van der Waals surface area contributed by atoms with Crippen LogP contribution in [0.2, 0.25) is 0 Å². The van der Waals surface area contributed by atoms with Gasteiger partial charge in [0.1, 0.15) is 23.8 Å². The van der Waals surface area contributed by atoms with Gasteiger partial charge < -0.3 is 20.0 Å². The molecular weight excluding hydrogens is 514 g/mol. The predicted octanol–water partition coefficient (Wildman–Crippen LogP) is 6.20. The van der Waals surface area contributed by atoms with Gasteiger partial charge in [0.2, 0.25) is 5.88 Å². The molecule has 0 saturated heterocycles. The summed E-state index contributed by atoms with van der Waals surface area (Å²) in [6.07, 6.45) is -7.45. The third kappa shape index (κ3) is 5.45. The monoisotopic (exact) mass is 534 g/mol. The molecule has 0 fully saturated rings. The number of hydrogen-bond donors (Lipinski definition) is 2. The van der Waals surface area contributed by atoms with Crippen molar-refractivity contribution in [1.29, 1.82) is 5.41 Å². The van der Waals surface area contributed by atoms with Crippen LogP contribution in [0, 0.1) is 5.41 Å². The van der Waals surface area contributed by atoms with Gasteiger partial charge in [0.25, 0.3) is 0 Å². The Morgan fingerprint density at radius 1 is 0.947 bits per heavy atom. The fraction of sp³-hybridized carbons (Fsp3) is 0.200. The second-order valence-electron chi connectivity index (χ2n) is 8.09. The number of rotatable bonds is 7. The molecule has 4 rings (SSSR count). The van der Waals surface area contributed by atoms with Gasteiger partial charge in [-0.15, -0.1) is 0 Å². The minimum atomic E-state index is -4.65. The number of hydrogen-bond acceptors (Lipinski definition) is 6. The first kappa shape index (κ1) is 26.6. The van der Waals surface area contributed by atoms with Crippen LogP contribution in [0.3, 0.4) is 0 Å². The molecule has 198 valence electrons. The molecule has 2 aromatic carbocycles. The SMILES string of the molecule is CNc1c(C=N)nc(-c2ccccc2C(F)(F)F)nc1OCc1ccc(-c2nc(C(F)(F)F)cn2C)cc1. The van der Waals surface area contributed by atoms with Crippen molar-refractivity contribution in [2.45, 2.75) is 19.0 Å². The van der Waals surface area contributed by atoms with Crippen LogP contribution in [-0.4, -0.2) is 32.8 Å². The Labute approximate surface area is 212 Å². The Morgan fingerprint density at radius 2 is 1.63 bits per heavy atom. The van der Waals surface area contributed by atoms with E-state index in [9.17, 15) is 26.3 Å². The number of ether oxygens (including phenoxy) is 1. The van der Waals surface area contributed by atoms with E-state index in [1.54, 1.807) is 24.3 Å². The van der Waals surface area contributed by atoms with E-state index in [0.29, 0.717) is 11.1 Å². The van der Waals surface area contributed by atoms with E-state index in [0.717, 1.165) is 18.5 Å². The highest BCUT2D eigenvalue weighted by molar-refractivity contribution is 5.86. The zero-order valence-electron chi connectivity index (χ0n) is 19.9. The molecule has 0 aliphatic rings. The van der Waals surface area contributed by atoms with Crippen molar-refractivity contribution in [3.63, 3.8) is 0 Å². The fourth-order valence-electron chi connectivity index (χ4n) is 3.72. The molecule has 0 saturated carbocycles. The molecule has 0 amide bonds. The molecule has 38 heavy (non-hydrogen) atoms. The number of anilines is 1. The van der Waals surface area contributed by atoms with Crippen LogP contribution >= 0.6 is 0 Å². The molecule has 0 radical (unpaired) electrons.